The molecular formula is C34H35ClN2O. The number of fused-ring (bicyclic) bond motifs is 1. The predicted octanol–water partition coefficient (Wildman–Crippen LogP) is 10.9. The number of anilines is 5. The van der Waals surface area contributed by atoms with Crippen molar-refractivity contribution in [1.82, 2.24) is 0 Å². The van der Waals surface area contributed by atoms with E-state index in [0.717, 1.165) is 39.4 Å². The van der Waals surface area contributed by atoms with Gasteiger partial charge in [0.15, 0.2) is 0 Å². The molecule has 4 aromatic carbocycles. The Hall–Kier alpha value is -3.69. The fourth-order valence-electron chi connectivity index (χ4n) is 4.65. The molecule has 0 saturated heterocycles. The molecule has 0 amide bonds. The Morgan fingerprint density at radius 2 is 1.26 bits per heavy atom. The smallest absolute Gasteiger partial charge is 0.136 e. The lowest BCUT2D eigenvalue weighted by molar-refractivity contribution is 0.590. The van der Waals surface area contributed by atoms with E-state index in [1.807, 2.05) is 36.6 Å². The van der Waals surface area contributed by atoms with Crippen molar-refractivity contribution in [3.05, 3.63) is 113 Å². The van der Waals surface area contributed by atoms with Gasteiger partial charge in [-0.05, 0) is 70.5 Å². The highest BCUT2D eigenvalue weighted by atomic mass is 35.5. The van der Waals surface area contributed by atoms with Crippen LogP contribution in [0.15, 0.2) is 102 Å². The molecule has 0 saturated carbocycles. The van der Waals surface area contributed by atoms with Gasteiger partial charge < -0.3 is 14.6 Å². The van der Waals surface area contributed by atoms with Crippen LogP contribution in [0.3, 0.4) is 0 Å². The monoisotopic (exact) mass is 522 g/mol. The van der Waals surface area contributed by atoms with Crippen molar-refractivity contribution in [3.8, 4) is 0 Å². The third kappa shape index (κ3) is 5.16. The van der Waals surface area contributed by atoms with E-state index in [1.165, 1.54) is 11.1 Å². The van der Waals surface area contributed by atoms with Crippen LogP contribution >= 0.6 is 11.6 Å². The third-order valence-electron chi connectivity index (χ3n) is 6.94. The summed E-state index contributed by atoms with van der Waals surface area (Å²) in [4.78, 5) is 2.18. The summed E-state index contributed by atoms with van der Waals surface area (Å²) >= 11 is 7.14. The number of para-hydroxylation sites is 1. The molecule has 0 aliphatic carbocycles. The zero-order valence-corrected chi connectivity index (χ0v) is 23.7. The molecule has 0 atom stereocenters. The molecule has 0 unspecified atom stereocenters. The van der Waals surface area contributed by atoms with E-state index in [2.05, 4.69) is 112 Å². The zero-order valence-electron chi connectivity index (χ0n) is 23.0. The van der Waals surface area contributed by atoms with Gasteiger partial charge in [-0.2, -0.15) is 0 Å². The molecule has 0 spiro atoms. The Morgan fingerprint density at radius 1 is 0.658 bits per heavy atom. The van der Waals surface area contributed by atoms with Gasteiger partial charge in [-0.1, -0.05) is 95.6 Å². The van der Waals surface area contributed by atoms with Crippen LogP contribution in [0.25, 0.3) is 11.0 Å². The summed E-state index contributed by atoms with van der Waals surface area (Å²) in [5.74, 6) is 0. The quantitative estimate of drug-likeness (QED) is 0.249. The van der Waals surface area contributed by atoms with Gasteiger partial charge in [0.25, 0.3) is 0 Å². The number of hydrogen-bond donors (Lipinski definition) is 1. The molecule has 4 heteroatoms. The van der Waals surface area contributed by atoms with Crippen molar-refractivity contribution in [2.45, 2.75) is 52.4 Å². The average Bonchev–Trinajstić information content (AvgIpc) is 3.30. The van der Waals surface area contributed by atoms with Crippen LogP contribution in [-0.2, 0) is 10.8 Å². The van der Waals surface area contributed by atoms with Gasteiger partial charge in [0, 0.05) is 16.8 Å². The van der Waals surface area contributed by atoms with Gasteiger partial charge in [-0.3, -0.25) is 0 Å². The van der Waals surface area contributed by atoms with Crippen LogP contribution in [0.2, 0.25) is 5.02 Å². The van der Waals surface area contributed by atoms with E-state index in [0.29, 0.717) is 5.02 Å². The minimum absolute atomic E-state index is 0.0652. The lowest BCUT2D eigenvalue weighted by Crippen LogP contribution is -2.13. The SMILES string of the molecule is CC(C)(C)c1ccc(Nc2cccc(N(c3ccc(C(C)(C)C)cc3)c3coc4ccccc34)c2Cl)cc1. The fraction of sp³-hybridized carbons (Fsp3) is 0.235. The minimum atomic E-state index is 0.0652. The number of benzene rings is 4. The zero-order chi connectivity index (χ0) is 27.1. The summed E-state index contributed by atoms with van der Waals surface area (Å²) in [6, 6.07) is 31.4. The molecule has 1 heterocycles. The van der Waals surface area contributed by atoms with E-state index in [4.69, 9.17) is 16.0 Å². The van der Waals surface area contributed by atoms with Crippen molar-refractivity contribution in [2.75, 3.05) is 10.2 Å². The molecular weight excluding hydrogens is 488 g/mol. The number of nitrogens with zero attached hydrogens (tertiary/aromatic N) is 1. The summed E-state index contributed by atoms with van der Waals surface area (Å²) in [6.45, 7) is 13.3. The predicted molar refractivity (Wildman–Crippen MR) is 163 cm³/mol. The first kappa shape index (κ1) is 25.9. The maximum Gasteiger partial charge on any atom is 0.136 e. The Labute approximate surface area is 231 Å². The minimum Gasteiger partial charge on any atom is -0.462 e. The summed E-state index contributed by atoms with van der Waals surface area (Å²) in [5, 5.41) is 5.19. The third-order valence-corrected chi connectivity index (χ3v) is 7.34. The highest BCUT2D eigenvalue weighted by Gasteiger charge is 2.22. The standard InChI is InChI=1S/C34H35ClN2O/c1-33(2,3)23-14-18-25(19-15-23)36-28-11-9-12-29(32(28)35)37(26-20-16-24(17-21-26)34(4,5)6)30-22-38-31-13-8-7-10-27(30)31/h7-22,36H,1-6H3. The summed E-state index contributed by atoms with van der Waals surface area (Å²) in [7, 11) is 0. The molecule has 38 heavy (non-hydrogen) atoms. The summed E-state index contributed by atoms with van der Waals surface area (Å²) in [6.07, 6.45) is 1.81. The maximum absolute atomic E-state index is 7.14. The first-order valence-corrected chi connectivity index (χ1v) is 13.4. The Bertz CT molecular complexity index is 1550. The number of rotatable bonds is 5. The van der Waals surface area contributed by atoms with Crippen LogP contribution in [0.4, 0.5) is 28.4 Å². The summed E-state index contributed by atoms with van der Waals surface area (Å²) in [5.41, 5.74) is 8.24. The molecule has 1 aromatic heterocycles. The van der Waals surface area contributed by atoms with E-state index in [-0.39, 0.29) is 10.8 Å². The molecule has 0 bridgehead atoms. The second-order valence-corrected chi connectivity index (χ2v) is 12.2. The van der Waals surface area contributed by atoms with Gasteiger partial charge in [-0.25, -0.2) is 0 Å². The van der Waals surface area contributed by atoms with Crippen LogP contribution in [0.1, 0.15) is 52.7 Å². The lowest BCUT2D eigenvalue weighted by Gasteiger charge is -2.27. The van der Waals surface area contributed by atoms with E-state index >= 15 is 0 Å². The highest BCUT2D eigenvalue weighted by molar-refractivity contribution is 6.36. The first-order chi connectivity index (χ1) is 18.0. The van der Waals surface area contributed by atoms with E-state index < -0.39 is 0 Å². The number of halogens is 1. The molecule has 0 fully saturated rings. The van der Waals surface area contributed by atoms with Gasteiger partial charge >= 0.3 is 0 Å². The molecule has 194 valence electrons. The molecule has 0 aliphatic rings. The molecule has 5 aromatic rings. The van der Waals surface area contributed by atoms with Crippen LogP contribution in [-0.4, -0.2) is 0 Å². The molecule has 0 radical (unpaired) electrons. The fourth-order valence-corrected chi connectivity index (χ4v) is 4.91. The second kappa shape index (κ2) is 9.89. The second-order valence-electron chi connectivity index (χ2n) is 11.8. The van der Waals surface area contributed by atoms with Crippen molar-refractivity contribution < 1.29 is 4.42 Å². The largest absolute Gasteiger partial charge is 0.462 e. The van der Waals surface area contributed by atoms with Crippen molar-refractivity contribution in [3.63, 3.8) is 0 Å². The molecule has 0 aliphatic heterocycles. The van der Waals surface area contributed by atoms with Crippen molar-refractivity contribution in [2.24, 2.45) is 0 Å². The summed E-state index contributed by atoms with van der Waals surface area (Å²) < 4.78 is 5.95. The first-order valence-electron chi connectivity index (χ1n) is 13.1. The van der Waals surface area contributed by atoms with Crippen molar-refractivity contribution in [1.29, 1.82) is 0 Å². The Kier molecular flexibility index (Phi) is 6.75. The number of nitrogens with one attached hydrogen (secondary N) is 1. The van der Waals surface area contributed by atoms with Gasteiger partial charge in [0.2, 0.25) is 0 Å². The van der Waals surface area contributed by atoms with E-state index in [9.17, 15) is 0 Å². The number of furan rings is 1. The van der Waals surface area contributed by atoms with Crippen molar-refractivity contribution >= 4 is 51.0 Å². The lowest BCUT2D eigenvalue weighted by atomic mass is 9.87. The topological polar surface area (TPSA) is 28.4 Å². The Balaban J connectivity index is 1.59. The molecule has 1 N–H and O–H groups in total. The number of hydrogen-bond acceptors (Lipinski definition) is 3. The van der Waals surface area contributed by atoms with Crippen LogP contribution in [0.5, 0.6) is 0 Å². The molecule has 5 rings (SSSR count). The van der Waals surface area contributed by atoms with Gasteiger partial charge in [-0.15, -0.1) is 0 Å². The average molecular weight is 523 g/mol. The van der Waals surface area contributed by atoms with Crippen LogP contribution < -0.4 is 10.2 Å². The Morgan fingerprint density at radius 3 is 1.89 bits per heavy atom. The highest BCUT2D eigenvalue weighted by Crippen LogP contribution is 2.45. The maximum atomic E-state index is 7.14. The van der Waals surface area contributed by atoms with Crippen LogP contribution in [0, 0.1) is 0 Å². The van der Waals surface area contributed by atoms with Gasteiger partial charge in [0.1, 0.15) is 11.8 Å². The van der Waals surface area contributed by atoms with Gasteiger partial charge in [0.05, 0.1) is 22.1 Å². The normalized spacial score (nSPS) is 12.1. The van der Waals surface area contributed by atoms with E-state index in [1.54, 1.807) is 0 Å². The molecule has 3 nitrogen and oxygen atoms in total.